The summed E-state index contributed by atoms with van der Waals surface area (Å²) in [4.78, 5) is 13.2. The number of hydrogen-bond acceptors (Lipinski definition) is 4. The van der Waals surface area contributed by atoms with Crippen LogP contribution in [0.5, 0.6) is 0 Å². The topological polar surface area (TPSA) is 61.8 Å². The van der Waals surface area contributed by atoms with Crippen molar-refractivity contribution in [2.45, 2.75) is 32.4 Å². The van der Waals surface area contributed by atoms with Crippen LogP contribution in [0, 0.1) is 0 Å². The summed E-state index contributed by atoms with van der Waals surface area (Å²) in [5.41, 5.74) is 0. The van der Waals surface area contributed by atoms with Crippen LogP contribution in [0.2, 0.25) is 0 Å². The van der Waals surface area contributed by atoms with Crippen molar-refractivity contribution < 1.29 is 14.6 Å². The Morgan fingerprint density at radius 2 is 2.12 bits per heavy atom. The van der Waals surface area contributed by atoms with Gasteiger partial charge in [0.2, 0.25) is 0 Å². The van der Waals surface area contributed by atoms with Gasteiger partial charge in [-0.15, -0.1) is 0 Å². The van der Waals surface area contributed by atoms with Gasteiger partial charge >= 0.3 is 5.97 Å². The summed E-state index contributed by atoms with van der Waals surface area (Å²) < 4.78 is 5.27. The standard InChI is InChI=1S/C11H22N2O3/c1-3-10(11(14)15)12-9(2)8-13-4-6-16-7-5-13/h9-10,12H,3-8H2,1-2H3,(H,14,15). The van der Waals surface area contributed by atoms with E-state index >= 15 is 0 Å². The number of hydrogen-bond donors (Lipinski definition) is 2. The first-order valence-corrected chi connectivity index (χ1v) is 5.92. The average Bonchev–Trinajstić information content (AvgIpc) is 2.27. The SMILES string of the molecule is CCC(NC(C)CN1CCOCC1)C(=O)O. The van der Waals surface area contributed by atoms with E-state index in [4.69, 9.17) is 9.84 Å². The fraction of sp³-hybridized carbons (Fsp3) is 0.909. The zero-order valence-electron chi connectivity index (χ0n) is 10.1. The summed E-state index contributed by atoms with van der Waals surface area (Å²) in [6.07, 6.45) is 0.614. The van der Waals surface area contributed by atoms with E-state index in [1.807, 2.05) is 13.8 Å². The minimum atomic E-state index is -0.767. The second kappa shape index (κ2) is 6.83. The molecule has 2 atom stereocenters. The normalized spacial score (nSPS) is 21.6. The predicted molar refractivity (Wildman–Crippen MR) is 61.6 cm³/mol. The van der Waals surface area contributed by atoms with E-state index in [0.717, 1.165) is 32.8 Å². The van der Waals surface area contributed by atoms with E-state index in [0.29, 0.717) is 6.42 Å². The van der Waals surface area contributed by atoms with Crippen LogP contribution in [0.4, 0.5) is 0 Å². The summed E-state index contributed by atoms with van der Waals surface area (Å²) in [7, 11) is 0. The number of carboxylic acid groups (broad SMARTS) is 1. The number of morpholine rings is 1. The molecule has 0 radical (unpaired) electrons. The van der Waals surface area contributed by atoms with Gasteiger partial charge in [-0.05, 0) is 13.3 Å². The Bertz CT molecular complexity index is 217. The smallest absolute Gasteiger partial charge is 0.320 e. The maximum Gasteiger partial charge on any atom is 0.320 e. The van der Waals surface area contributed by atoms with Gasteiger partial charge in [-0.3, -0.25) is 9.69 Å². The van der Waals surface area contributed by atoms with Crippen molar-refractivity contribution in [3.05, 3.63) is 0 Å². The molecule has 0 aromatic rings. The highest BCUT2D eigenvalue weighted by Gasteiger charge is 2.19. The van der Waals surface area contributed by atoms with E-state index in [1.165, 1.54) is 0 Å². The highest BCUT2D eigenvalue weighted by Crippen LogP contribution is 2.00. The third-order valence-electron chi connectivity index (χ3n) is 2.83. The molecule has 0 aliphatic carbocycles. The van der Waals surface area contributed by atoms with Crippen LogP contribution in [0.3, 0.4) is 0 Å². The molecule has 1 aliphatic rings. The largest absolute Gasteiger partial charge is 0.480 e. The van der Waals surface area contributed by atoms with Crippen LogP contribution in [0.1, 0.15) is 20.3 Å². The molecule has 0 amide bonds. The van der Waals surface area contributed by atoms with Gasteiger partial charge in [-0.2, -0.15) is 0 Å². The molecular formula is C11H22N2O3. The van der Waals surface area contributed by atoms with Gasteiger partial charge < -0.3 is 15.2 Å². The van der Waals surface area contributed by atoms with Crippen molar-refractivity contribution in [2.75, 3.05) is 32.8 Å². The molecule has 1 heterocycles. The lowest BCUT2D eigenvalue weighted by molar-refractivity contribution is -0.139. The Labute approximate surface area is 96.8 Å². The number of carboxylic acids is 1. The monoisotopic (exact) mass is 230 g/mol. The number of nitrogens with one attached hydrogen (secondary N) is 1. The fourth-order valence-electron chi connectivity index (χ4n) is 1.93. The van der Waals surface area contributed by atoms with Crippen molar-refractivity contribution >= 4 is 5.97 Å². The molecule has 1 aliphatic heterocycles. The zero-order chi connectivity index (χ0) is 12.0. The Balaban J connectivity index is 2.27. The number of carbonyl (C=O) groups is 1. The van der Waals surface area contributed by atoms with Crippen LogP contribution in [-0.2, 0) is 9.53 Å². The molecule has 0 aromatic heterocycles. The Morgan fingerprint density at radius 1 is 1.50 bits per heavy atom. The molecule has 1 fully saturated rings. The first kappa shape index (κ1) is 13.4. The molecule has 0 saturated carbocycles. The van der Waals surface area contributed by atoms with Gasteiger partial charge in [0, 0.05) is 25.7 Å². The minimum absolute atomic E-state index is 0.194. The van der Waals surface area contributed by atoms with Crippen molar-refractivity contribution in [2.24, 2.45) is 0 Å². The summed E-state index contributed by atoms with van der Waals surface area (Å²) in [5, 5.41) is 12.1. The molecule has 2 N–H and O–H groups in total. The summed E-state index contributed by atoms with van der Waals surface area (Å²) in [6, 6.07) is -0.241. The highest BCUT2D eigenvalue weighted by molar-refractivity contribution is 5.73. The van der Waals surface area contributed by atoms with Crippen LogP contribution in [0.15, 0.2) is 0 Å². The molecule has 0 aromatic carbocycles. The van der Waals surface area contributed by atoms with Gasteiger partial charge in [0.05, 0.1) is 13.2 Å². The van der Waals surface area contributed by atoms with Gasteiger partial charge in [0.25, 0.3) is 0 Å². The van der Waals surface area contributed by atoms with Crippen LogP contribution in [-0.4, -0.2) is 60.9 Å². The number of ether oxygens (including phenoxy) is 1. The molecule has 16 heavy (non-hydrogen) atoms. The lowest BCUT2D eigenvalue weighted by atomic mass is 10.2. The minimum Gasteiger partial charge on any atom is -0.480 e. The molecule has 2 unspecified atom stereocenters. The summed E-state index contributed by atoms with van der Waals surface area (Å²) in [6.45, 7) is 8.24. The van der Waals surface area contributed by atoms with E-state index < -0.39 is 12.0 Å². The van der Waals surface area contributed by atoms with Crippen LogP contribution >= 0.6 is 0 Å². The highest BCUT2D eigenvalue weighted by atomic mass is 16.5. The van der Waals surface area contributed by atoms with Crippen molar-refractivity contribution in [3.8, 4) is 0 Å². The molecule has 5 heteroatoms. The van der Waals surface area contributed by atoms with Crippen LogP contribution < -0.4 is 5.32 Å². The summed E-state index contributed by atoms with van der Waals surface area (Å²) >= 11 is 0. The lowest BCUT2D eigenvalue weighted by Crippen LogP contribution is -2.49. The van der Waals surface area contributed by atoms with E-state index in [-0.39, 0.29) is 6.04 Å². The molecule has 0 spiro atoms. The maximum atomic E-state index is 10.9. The second-order valence-corrected chi connectivity index (χ2v) is 4.28. The quantitative estimate of drug-likeness (QED) is 0.680. The Hall–Kier alpha value is -0.650. The van der Waals surface area contributed by atoms with Crippen LogP contribution in [0.25, 0.3) is 0 Å². The first-order valence-electron chi connectivity index (χ1n) is 5.92. The summed E-state index contributed by atoms with van der Waals surface area (Å²) in [5.74, 6) is -0.767. The van der Waals surface area contributed by atoms with Crippen molar-refractivity contribution in [1.29, 1.82) is 0 Å². The fourth-order valence-corrected chi connectivity index (χ4v) is 1.93. The Morgan fingerprint density at radius 3 is 2.62 bits per heavy atom. The van der Waals surface area contributed by atoms with Gasteiger partial charge in [0.1, 0.15) is 6.04 Å². The molecular weight excluding hydrogens is 208 g/mol. The van der Waals surface area contributed by atoms with E-state index in [9.17, 15) is 4.79 Å². The number of nitrogens with zero attached hydrogens (tertiary/aromatic N) is 1. The molecule has 1 saturated heterocycles. The third-order valence-corrected chi connectivity index (χ3v) is 2.83. The Kier molecular flexibility index (Phi) is 5.73. The number of aliphatic carboxylic acids is 1. The van der Waals surface area contributed by atoms with Gasteiger partial charge in [0.15, 0.2) is 0 Å². The first-order chi connectivity index (χ1) is 7.63. The molecule has 0 bridgehead atoms. The maximum absolute atomic E-state index is 10.9. The lowest BCUT2D eigenvalue weighted by Gasteiger charge is -2.30. The zero-order valence-corrected chi connectivity index (χ0v) is 10.1. The third kappa shape index (κ3) is 4.47. The molecule has 94 valence electrons. The van der Waals surface area contributed by atoms with Gasteiger partial charge in [-0.25, -0.2) is 0 Å². The predicted octanol–water partition coefficient (Wildman–Crippen LogP) is 0.160. The molecule has 1 rings (SSSR count). The van der Waals surface area contributed by atoms with Gasteiger partial charge in [-0.1, -0.05) is 6.92 Å². The average molecular weight is 230 g/mol. The van der Waals surface area contributed by atoms with Crippen molar-refractivity contribution in [3.63, 3.8) is 0 Å². The second-order valence-electron chi connectivity index (χ2n) is 4.28. The van der Waals surface area contributed by atoms with Crippen molar-refractivity contribution in [1.82, 2.24) is 10.2 Å². The molecule has 5 nitrogen and oxygen atoms in total. The van der Waals surface area contributed by atoms with E-state index in [2.05, 4.69) is 10.2 Å². The number of rotatable bonds is 6. The van der Waals surface area contributed by atoms with E-state index in [1.54, 1.807) is 0 Å².